The summed E-state index contributed by atoms with van der Waals surface area (Å²) >= 11 is 0. The van der Waals surface area contributed by atoms with Crippen molar-refractivity contribution in [1.29, 1.82) is 0 Å². The molecule has 0 N–H and O–H groups in total. The maximum Gasteiger partial charge on any atom is 0.280 e. The van der Waals surface area contributed by atoms with Crippen LogP contribution in [0.2, 0.25) is 0 Å². The molecule has 0 atom stereocenters. The molecule has 19 heavy (non-hydrogen) atoms. The zero-order valence-electron chi connectivity index (χ0n) is 9.79. The van der Waals surface area contributed by atoms with Crippen molar-refractivity contribution in [3.63, 3.8) is 0 Å². The van der Waals surface area contributed by atoms with Crippen molar-refractivity contribution in [3.8, 4) is 11.1 Å². The third-order valence-electron chi connectivity index (χ3n) is 2.68. The zero-order chi connectivity index (χ0) is 13.1. The molecule has 0 aliphatic heterocycles. The van der Waals surface area contributed by atoms with Crippen LogP contribution in [-0.2, 0) is 0 Å². The highest BCUT2D eigenvalue weighted by Gasteiger charge is 2.18. The average Bonchev–Trinajstić information content (AvgIpc) is 2.39. The van der Waals surface area contributed by atoms with Gasteiger partial charge >= 0.3 is 0 Å². The molecule has 4 heteroatoms. The summed E-state index contributed by atoms with van der Waals surface area (Å²) in [5.41, 5.74) is 1.60. The standard InChI is InChI=1S/C14H11NO3.CH4/c1-10(16)13-8-7-12(9-14(13)15(17)18)11-5-3-2-4-6-11;/h2-9H,1H3;1H4. The molecule has 0 unspecified atom stereocenters. The maximum absolute atomic E-state index is 11.3. The van der Waals surface area contributed by atoms with Crippen LogP contribution in [0, 0.1) is 10.1 Å². The number of rotatable bonds is 3. The van der Waals surface area contributed by atoms with E-state index >= 15 is 0 Å². The number of Topliss-reactive ketones (excluding diaryl/α,β-unsaturated/α-hetero) is 1. The molecule has 0 amide bonds. The largest absolute Gasteiger partial charge is 0.294 e. The Bertz CT molecular complexity index is 606. The molecule has 0 heterocycles. The van der Waals surface area contributed by atoms with E-state index in [1.807, 2.05) is 30.3 Å². The van der Waals surface area contributed by atoms with Gasteiger partial charge in [0.15, 0.2) is 5.78 Å². The lowest BCUT2D eigenvalue weighted by molar-refractivity contribution is -0.385. The van der Waals surface area contributed by atoms with Gasteiger partial charge in [-0.3, -0.25) is 14.9 Å². The summed E-state index contributed by atoms with van der Waals surface area (Å²) in [6.45, 7) is 1.32. The van der Waals surface area contributed by atoms with Crippen molar-refractivity contribution in [2.75, 3.05) is 0 Å². The van der Waals surface area contributed by atoms with Gasteiger partial charge < -0.3 is 0 Å². The molecule has 0 saturated heterocycles. The first-order chi connectivity index (χ1) is 8.59. The van der Waals surface area contributed by atoms with E-state index in [0.29, 0.717) is 0 Å². The van der Waals surface area contributed by atoms with E-state index in [1.165, 1.54) is 19.1 Å². The van der Waals surface area contributed by atoms with Gasteiger partial charge in [0.05, 0.1) is 10.5 Å². The highest BCUT2D eigenvalue weighted by molar-refractivity contribution is 5.98. The molecule has 0 radical (unpaired) electrons. The second-order valence-corrected chi connectivity index (χ2v) is 3.91. The van der Waals surface area contributed by atoms with Crippen LogP contribution in [0.15, 0.2) is 48.5 Å². The fraction of sp³-hybridized carbons (Fsp3) is 0.133. The Morgan fingerprint density at radius 3 is 2.21 bits per heavy atom. The Morgan fingerprint density at radius 1 is 1.05 bits per heavy atom. The first-order valence-corrected chi connectivity index (χ1v) is 5.44. The molecule has 0 bridgehead atoms. The highest BCUT2D eigenvalue weighted by atomic mass is 16.6. The number of nitro groups is 1. The van der Waals surface area contributed by atoms with Gasteiger partial charge in [0.2, 0.25) is 0 Å². The van der Waals surface area contributed by atoms with Gasteiger partial charge in [-0.15, -0.1) is 0 Å². The van der Waals surface area contributed by atoms with E-state index in [0.717, 1.165) is 11.1 Å². The fourth-order valence-corrected chi connectivity index (χ4v) is 1.79. The van der Waals surface area contributed by atoms with Gasteiger partial charge in [0.25, 0.3) is 5.69 Å². The Kier molecular flexibility index (Phi) is 4.53. The van der Waals surface area contributed by atoms with Crippen LogP contribution in [-0.4, -0.2) is 10.7 Å². The smallest absolute Gasteiger partial charge is 0.280 e. The minimum Gasteiger partial charge on any atom is -0.294 e. The molecule has 98 valence electrons. The molecular weight excluding hydrogens is 242 g/mol. The SMILES string of the molecule is C.CC(=O)c1ccc(-c2ccccc2)cc1[N+](=O)[O-]. The van der Waals surface area contributed by atoms with Gasteiger partial charge in [-0.25, -0.2) is 0 Å². The molecule has 2 rings (SSSR count). The molecule has 0 aliphatic carbocycles. The molecule has 2 aromatic carbocycles. The predicted octanol–water partition coefficient (Wildman–Crippen LogP) is 4.10. The minimum atomic E-state index is -0.525. The van der Waals surface area contributed by atoms with E-state index in [9.17, 15) is 14.9 Å². The van der Waals surface area contributed by atoms with Gasteiger partial charge in [0.1, 0.15) is 0 Å². The number of ketones is 1. The lowest BCUT2D eigenvalue weighted by atomic mass is 10.0. The number of benzene rings is 2. The third kappa shape index (κ3) is 3.04. The zero-order valence-corrected chi connectivity index (χ0v) is 9.79. The first kappa shape index (κ1) is 14.6. The lowest BCUT2D eigenvalue weighted by Crippen LogP contribution is -2.00. The first-order valence-electron chi connectivity index (χ1n) is 5.44. The number of nitro benzene ring substituents is 1. The van der Waals surface area contributed by atoms with Gasteiger partial charge in [-0.1, -0.05) is 43.8 Å². The quantitative estimate of drug-likeness (QED) is 0.472. The Morgan fingerprint density at radius 2 is 1.68 bits per heavy atom. The predicted molar refractivity (Wildman–Crippen MR) is 75.3 cm³/mol. The molecular formula is C15H15NO3. The normalized spacial score (nSPS) is 9.53. The number of hydrogen-bond acceptors (Lipinski definition) is 3. The van der Waals surface area contributed by atoms with Crippen LogP contribution in [0.4, 0.5) is 5.69 Å². The summed E-state index contributed by atoms with van der Waals surface area (Å²) in [7, 11) is 0. The molecule has 2 aromatic rings. The second kappa shape index (κ2) is 5.91. The number of hydrogen-bond donors (Lipinski definition) is 0. The van der Waals surface area contributed by atoms with Gasteiger partial charge in [-0.05, 0) is 24.1 Å². The van der Waals surface area contributed by atoms with Crippen molar-refractivity contribution in [2.24, 2.45) is 0 Å². The maximum atomic E-state index is 11.3. The van der Waals surface area contributed by atoms with Crippen LogP contribution >= 0.6 is 0 Å². The van der Waals surface area contributed by atoms with Crippen LogP contribution in [0.5, 0.6) is 0 Å². The number of nitrogens with zero attached hydrogens (tertiary/aromatic N) is 1. The number of carbonyl (C=O) groups is 1. The highest BCUT2D eigenvalue weighted by Crippen LogP contribution is 2.27. The van der Waals surface area contributed by atoms with Crippen molar-refractivity contribution >= 4 is 11.5 Å². The minimum absolute atomic E-state index is 0. The molecule has 0 saturated carbocycles. The summed E-state index contributed by atoms with van der Waals surface area (Å²) in [6.07, 6.45) is 0. The van der Waals surface area contributed by atoms with Crippen molar-refractivity contribution in [3.05, 3.63) is 64.2 Å². The third-order valence-corrected chi connectivity index (χ3v) is 2.68. The van der Waals surface area contributed by atoms with Crippen molar-refractivity contribution in [2.45, 2.75) is 14.4 Å². The lowest BCUT2D eigenvalue weighted by Gasteiger charge is -2.04. The Labute approximate surface area is 111 Å². The summed E-state index contributed by atoms with van der Waals surface area (Å²) in [6, 6.07) is 14.0. The molecule has 0 aromatic heterocycles. The van der Waals surface area contributed by atoms with Gasteiger partial charge in [-0.2, -0.15) is 0 Å². The van der Waals surface area contributed by atoms with E-state index in [2.05, 4.69) is 0 Å². The Balaban J connectivity index is 0.00000180. The topological polar surface area (TPSA) is 60.2 Å². The molecule has 0 fully saturated rings. The summed E-state index contributed by atoms with van der Waals surface area (Å²) in [5, 5.41) is 11.0. The van der Waals surface area contributed by atoms with E-state index in [1.54, 1.807) is 6.07 Å². The van der Waals surface area contributed by atoms with Crippen LogP contribution < -0.4 is 0 Å². The summed E-state index contributed by atoms with van der Waals surface area (Å²) < 4.78 is 0. The van der Waals surface area contributed by atoms with E-state index in [-0.39, 0.29) is 24.5 Å². The second-order valence-electron chi connectivity index (χ2n) is 3.91. The summed E-state index contributed by atoms with van der Waals surface area (Å²) in [5.74, 6) is -0.304. The van der Waals surface area contributed by atoms with Gasteiger partial charge in [0, 0.05) is 6.07 Å². The fourth-order valence-electron chi connectivity index (χ4n) is 1.79. The van der Waals surface area contributed by atoms with Crippen LogP contribution in [0.1, 0.15) is 24.7 Å². The molecule has 0 spiro atoms. The van der Waals surface area contributed by atoms with Crippen LogP contribution in [0.25, 0.3) is 11.1 Å². The van der Waals surface area contributed by atoms with E-state index in [4.69, 9.17) is 0 Å². The van der Waals surface area contributed by atoms with Crippen molar-refractivity contribution in [1.82, 2.24) is 0 Å². The van der Waals surface area contributed by atoms with Crippen molar-refractivity contribution < 1.29 is 9.72 Å². The monoisotopic (exact) mass is 257 g/mol. The molecule has 0 aliphatic rings. The molecule has 4 nitrogen and oxygen atoms in total. The average molecular weight is 257 g/mol. The summed E-state index contributed by atoms with van der Waals surface area (Å²) in [4.78, 5) is 21.8. The Hall–Kier alpha value is -2.49. The number of carbonyl (C=O) groups excluding carboxylic acids is 1. The van der Waals surface area contributed by atoms with E-state index < -0.39 is 4.92 Å². The van der Waals surface area contributed by atoms with Crippen LogP contribution in [0.3, 0.4) is 0 Å².